The minimum Gasteiger partial charge on any atom is -0.378 e. The molecule has 1 aromatic rings. The van der Waals surface area contributed by atoms with Crippen LogP contribution >= 0.6 is 11.3 Å². The molecule has 1 N–H and O–H groups in total. The average Bonchev–Trinajstić information content (AvgIpc) is 2.87. The standard InChI is InChI=1S/C14H24N2OS/c1-11-14(5-6-17-11,9-16-13(2,3)4)7-12-8-15-10-18-12/h8,10-11,16H,5-7,9H2,1-4H3. The summed E-state index contributed by atoms with van der Waals surface area (Å²) in [5.74, 6) is 0. The first-order valence-corrected chi connectivity index (χ1v) is 7.53. The molecule has 1 aliphatic heterocycles. The van der Waals surface area contributed by atoms with Crippen LogP contribution in [0.25, 0.3) is 0 Å². The lowest BCUT2D eigenvalue weighted by Crippen LogP contribution is -2.47. The zero-order chi connectivity index (χ0) is 13.2. The van der Waals surface area contributed by atoms with Crippen LogP contribution in [0.1, 0.15) is 39.0 Å². The van der Waals surface area contributed by atoms with Crippen LogP contribution in [-0.2, 0) is 11.2 Å². The lowest BCUT2D eigenvalue weighted by molar-refractivity contribution is 0.0601. The summed E-state index contributed by atoms with van der Waals surface area (Å²) in [6, 6.07) is 0. The summed E-state index contributed by atoms with van der Waals surface area (Å²) < 4.78 is 5.83. The second-order valence-corrected chi connectivity index (χ2v) is 7.34. The third kappa shape index (κ3) is 3.31. The Labute approximate surface area is 114 Å². The normalized spacial score (nSPS) is 28.8. The SMILES string of the molecule is CC1OCCC1(CNC(C)(C)C)Cc1cncs1. The number of thiazole rings is 1. The van der Waals surface area contributed by atoms with Gasteiger partial charge >= 0.3 is 0 Å². The van der Waals surface area contributed by atoms with Crippen molar-refractivity contribution >= 4 is 11.3 Å². The summed E-state index contributed by atoms with van der Waals surface area (Å²) in [5.41, 5.74) is 2.30. The van der Waals surface area contributed by atoms with Gasteiger partial charge in [-0.05, 0) is 40.5 Å². The molecular formula is C14H24N2OS. The van der Waals surface area contributed by atoms with Gasteiger partial charge in [0.1, 0.15) is 0 Å². The highest BCUT2D eigenvalue weighted by atomic mass is 32.1. The quantitative estimate of drug-likeness (QED) is 0.912. The molecule has 1 aromatic heterocycles. The maximum atomic E-state index is 5.83. The summed E-state index contributed by atoms with van der Waals surface area (Å²) in [6.45, 7) is 10.7. The van der Waals surface area contributed by atoms with E-state index in [1.165, 1.54) is 4.88 Å². The number of aromatic nitrogens is 1. The lowest BCUT2D eigenvalue weighted by Gasteiger charge is -2.35. The summed E-state index contributed by atoms with van der Waals surface area (Å²) in [4.78, 5) is 5.55. The number of hydrogen-bond donors (Lipinski definition) is 1. The molecule has 1 fully saturated rings. The van der Waals surface area contributed by atoms with Crippen molar-refractivity contribution in [2.24, 2.45) is 5.41 Å². The molecule has 0 radical (unpaired) electrons. The van der Waals surface area contributed by atoms with Gasteiger partial charge in [-0.25, -0.2) is 0 Å². The lowest BCUT2D eigenvalue weighted by atomic mass is 9.77. The van der Waals surface area contributed by atoms with E-state index in [0.717, 1.165) is 26.0 Å². The van der Waals surface area contributed by atoms with Crippen LogP contribution in [0.2, 0.25) is 0 Å². The molecule has 2 rings (SSSR count). The Morgan fingerprint density at radius 1 is 1.56 bits per heavy atom. The fourth-order valence-corrected chi connectivity index (χ4v) is 3.21. The Balaban J connectivity index is 2.08. The second-order valence-electron chi connectivity index (χ2n) is 6.37. The molecule has 2 heterocycles. The van der Waals surface area contributed by atoms with E-state index in [4.69, 9.17) is 4.74 Å². The van der Waals surface area contributed by atoms with Crippen molar-refractivity contribution in [2.45, 2.75) is 52.2 Å². The van der Waals surface area contributed by atoms with E-state index in [1.54, 1.807) is 11.3 Å². The van der Waals surface area contributed by atoms with E-state index in [0.29, 0.717) is 6.10 Å². The molecule has 2 atom stereocenters. The van der Waals surface area contributed by atoms with Gasteiger partial charge in [0.2, 0.25) is 0 Å². The molecule has 3 nitrogen and oxygen atoms in total. The predicted octanol–water partition coefficient (Wildman–Crippen LogP) is 2.87. The molecule has 1 aliphatic rings. The molecule has 0 aliphatic carbocycles. The molecule has 0 amide bonds. The van der Waals surface area contributed by atoms with Crippen LogP contribution in [0.4, 0.5) is 0 Å². The van der Waals surface area contributed by atoms with Crippen LogP contribution in [-0.4, -0.2) is 29.8 Å². The Hall–Kier alpha value is -0.450. The van der Waals surface area contributed by atoms with Gasteiger partial charge in [-0.2, -0.15) is 0 Å². The fourth-order valence-electron chi connectivity index (χ4n) is 2.46. The third-order valence-corrected chi connectivity index (χ3v) is 4.59. The van der Waals surface area contributed by atoms with Gasteiger partial charge in [0.05, 0.1) is 11.6 Å². The minimum atomic E-state index is 0.156. The molecule has 0 bridgehead atoms. The monoisotopic (exact) mass is 268 g/mol. The number of ether oxygens (including phenoxy) is 1. The van der Waals surface area contributed by atoms with Crippen LogP contribution in [0.15, 0.2) is 11.7 Å². The van der Waals surface area contributed by atoms with Crippen molar-refractivity contribution in [1.29, 1.82) is 0 Å². The first-order valence-electron chi connectivity index (χ1n) is 6.65. The van der Waals surface area contributed by atoms with Crippen molar-refractivity contribution in [3.8, 4) is 0 Å². The van der Waals surface area contributed by atoms with Gasteiger partial charge in [-0.1, -0.05) is 0 Å². The van der Waals surface area contributed by atoms with E-state index in [9.17, 15) is 0 Å². The summed E-state index contributed by atoms with van der Waals surface area (Å²) in [7, 11) is 0. The van der Waals surface area contributed by atoms with Gasteiger partial charge in [0.25, 0.3) is 0 Å². The average molecular weight is 268 g/mol. The zero-order valence-electron chi connectivity index (χ0n) is 11.8. The highest BCUT2D eigenvalue weighted by Gasteiger charge is 2.42. The Kier molecular flexibility index (Phi) is 4.09. The van der Waals surface area contributed by atoms with Crippen molar-refractivity contribution in [1.82, 2.24) is 10.3 Å². The minimum absolute atomic E-state index is 0.156. The molecule has 102 valence electrons. The maximum Gasteiger partial charge on any atom is 0.0794 e. The highest BCUT2D eigenvalue weighted by molar-refractivity contribution is 7.09. The largest absolute Gasteiger partial charge is 0.378 e. The van der Waals surface area contributed by atoms with Crippen LogP contribution in [0.5, 0.6) is 0 Å². The van der Waals surface area contributed by atoms with E-state index in [2.05, 4.69) is 38.0 Å². The van der Waals surface area contributed by atoms with Gasteiger partial charge in [0, 0.05) is 35.2 Å². The first-order chi connectivity index (χ1) is 8.41. The van der Waals surface area contributed by atoms with Gasteiger partial charge in [-0.3, -0.25) is 4.98 Å². The van der Waals surface area contributed by atoms with Crippen molar-refractivity contribution in [3.05, 3.63) is 16.6 Å². The van der Waals surface area contributed by atoms with Crippen LogP contribution < -0.4 is 5.32 Å². The molecular weight excluding hydrogens is 244 g/mol. The van der Waals surface area contributed by atoms with Gasteiger partial charge in [-0.15, -0.1) is 11.3 Å². The Morgan fingerprint density at radius 2 is 2.33 bits per heavy atom. The van der Waals surface area contributed by atoms with Crippen molar-refractivity contribution in [2.75, 3.05) is 13.2 Å². The molecule has 0 aromatic carbocycles. The molecule has 18 heavy (non-hydrogen) atoms. The molecule has 0 saturated carbocycles. The first kappa shape index (κ1) is 14.0. The highest BCUT2D eigenvalue weighted by Crippen LogP contribution is 2.38. The Morgan fingerprint density at radius 3 is 2.83 bits per heavy atom. The van der Waals surface area contributed by atoms with E-state index < -0.39 is 0 Å². The van der Waals surface area contributed by atoms with E-state index in [1.807, 2.05) is 11.7 Å². The molecule has 2 unspecified atom stereocenters. The van der Waals surface area contributed by atoms with Crippen molar-refractivity contribution < 1.29 is 4.74 Å². The van der Waals surface area contributed by atoms with Crippen LogP contribution in [0, 0.1) is 5.41 Å². The second kappa shape index (κ2) is 5.27. The number of nitrogens with one attached hydrogen (secondary N) is 1. The van der Waals surface area contributed by atoms with E-state index >= 15 is 0 Å². The molecule has 1 saturated heterocycles. The zero-order valence-corrected chi connectivity index (χ0v) is 12.6. The number of hydrogen-bond acceptors (Lipinski definition) is 4. The summed E-state index contributed by atoms with van der Waals surface area (Å²) in [5, 5.41) is 3.65. The van der Waals surface area contributed by atoms with Gasteiger partial charge < -0.3 is 10.1 Å². The smallest absolute Gasteiger partial charge is 0.0794 e. The summed E-state index contributed by atoms with van der Waals surface area (Å²) in [6.07, 6.45) is 4.51. The predicted molar refractivity (Wildman–Crippen MR) is 76.0 cm³/mol. The fraction of sp³-hybridized carbons (Fsp3) is 0.786. The number of nitrogens with zero attached hydrogens (tertiary/aromatic N) is 1. The van der Waals surface area contributed by atoms with Crippen LogP contribution in [0.3, 0.4) is 0 Å². The van der Waals surface area contributed by atoms with Crippen molar-refractivity contribution in [3.63, 3.8) is 0 Å². The molecule has 4 heteroatoms. The molecule has 0 spiro atoms. The van der Waals surface area contributed by atoms with Gasteiger partial charge in [0.15, 0.2) is 0 Å². The van der Waals surface area contributed by atoms with E-state index in [-0.39, 0.29) is 11.0 Å². The Bertz CT molecular complexity index is 372. The summed E-state index contributed by atoms with van der Waals surface area (Å²) >= 11 is 1.75. The third-order valence-electron chi connectivity index (χ3n) is 3.81. The number of rotatable bonds is 4. The maximum absolute atomic E-state index is 5.83. The topological polar surface area (TPSA) is 34.1 Å².